The van der Waals surface area contributed by atoms with E-state index in [0.29, 0.717) is 12.8 Å². The summed E-state index contributed by atoms with van der Waals surface area (Å²) in [4.78, 5) is 89.8. The van der Waals surface area contributed by atoms with Crippen molar-refractivity contribution in [3.63, 3.8) is 0 Å². The average molecular weight is 866 g/mol. The molecule has 0 aliphatic rings. The van der Waals surface area contributed by atoms with Crippen LogP contribution in [0.5, 0.6) is 0 Å². The van der Waals surface area contributed by atoms with Crippen LogP contribution in [0, 0.1) is 11.8 Å². The van der Waals surface area contributed by atoms with Crippen molar-refractivity contribution in [2.24, 2.45) is 39.8 Å². The van der Waals surface area contributed by atoms with Crippen LogP contribution < -0.4 is 49.5 Å². The average Bonchev–Trinajstić information content (AvgIpc) is 3.67. The monoisotopic (exact) mass is 865 g/mol. The molecule has 338 valence electrons. The lowest BCUT2D eigenvalue weighted by atomic mass is 9.95. The number of aromatic nitrogens is 1. The van der Waals surface area contributed by atoms with Crippen molar-refractivity contribution in [1.82, 2.24) is 31.6 Å². The number of guanidine groups is 1. The van der Waals surface area contributed by atoms with Crippen LogP contribution >= 0.6 is 0 Å². The predicted octanol–water partition coefficient (Wildman–Crippen LogP) is 1.19. The largest absolute Gasteiger partial charge is 0.370 e. The Labute approximate surface area is 368 Å². The Kier molecular flexibility index (Phi) is 18.7. The second-order valence-electron chi connectivity index (χ2n) is 16.2. The van der Waals surface area contributed by atoms with Crippen molar-refractivity contribution in [2.75, 3.05) is 6.54 Å². The maximum atomic E-state index is 14.5. The topological polar surface area (TPSA) is 295 Å². The summed E-state index contributed by atoms with van der Waals surface area (Å²) in [6, 6.07) is 18.9. The van der Waals surface area contributed by atoms with E-state index in [1.165, 1.54) is 0 Å². The number of primary amides is 1. The highest BCUT2D eigenvalue weighted by Gasteiger charge is 2.35. The first-order valence-electron chi connectivity index (χ1n) is 21.3. The molecule has 3 aromatic carbocycles. The molecule has 1 aromatic heterocycles. The van der Waals surface area contributed by atoms with Crippen LogP contribution in [0.3, 0.4) is 0 Å². The molecule has 17 heteroatoms. The molecule has 63 heavy (non-hydrogen) atoms. The van der Waals surface area contributed by atoms with Gasteiger partial charge in [0.15, 0.2) is 5.96 Å². The molecule has 0 aliphatic carbocycles. The highest BCUT2D eigenvalue weighted by molar-refractivity contribution is 5.97. The fourth-order valence-corrected chi connectivity index (χ4v) is 7.09. The van der Waals surface area contributed by atoms with Crippen molar-refractivity contribution >= 4 is 52.3 Å². The fourth-order valence-electron chi connectivity index (χ4n) is 7.09. The molecule has 0 saturated heterocycles. The molecule has 17 nitrogen and oxygen atoms in total. The summed E-state index contributed by atoms with van der Waals surface area (Å²) in [5, 5.41) is 14.9. The molecule has 6 amide bonds. The number of benzene rings is 3. The normalized spacial score (nSPS) is 14.5. The van der Waals surface area contributed by atoms with Crippen molar-refractivity contribution in [3.8, 4) is 0 Å². The van der Waals surface area contributed by atoms with Gasteiger partial charge in [-0.25, -0.2) is 0 Å². The lowest BCUT2D eigenvalue weighted by Crippen LogP contribution is -2.61. The third-order valence-corrected chi connectivity index (χ3v) is 10.9. The van der Waals surface area contributed by atoms with Gasteiger partial charge in [-0.3, -0.25) is 33.8 Å². The zero-order chi connectivity index (χ0) is 46.1. The number of aromatic amines is 1. The van der Waals surface area contributed by atoms with Crippen molar-refractivity contribution in [2.45, 2.75) is 102 Å². The summed E-state index contributed by atoms with van der Waals surface area (Å²) in [6.45, 7) is 7.40. The van der Waals surface area contributed by atoms with Gasteiger partial charge in [0.2, 0.25) is 35.4 Å². The summed E-state index contributed by atoms with van der Waals surface area (Å²) in [5.74, 6) is -4.72. The Balaban J connectivity index is 1.62. The number of carbonyl (C=O) groups excluding carboxylic acids is 6. The Morgan fingerprint density at radius 2 is 1.11 bits per heavy atom. The number of aliphatic imine (C=N–C) groups is 1. The van der Waals surface area contributed by atoms with Gasteiger partial charge < -0.3 is 54.5 Å². The molecule has 0 unspecified atom stereocenters. The van der Waals surface area contributed by atoms with Gasteiger partial charge in [-0.15, -0.1) is 0 Å². The number of nitrogens with two attached hydrogens (primary N) is 4. The van der Waals surface area contributed by atoms with Gasteiger partial charge in [0, 0.05) is 42.9 Å². The van der Waals surface area contributed by atoms with E-state index >= 15 is 0 Å². The van der Waals surface area contributed by atoms with E-state index in [1.54, 1.807) is 63.4 Å². The number of hydrogen-bond acceptors (Lipinski definition) is 8. The molecule has 0 saturated carbocycles. The lowest BCUT2D eigenvalue weighted by Gasteiger charge is -2.30. The molecule has 14 N–H and O–H groups in total. The number of H-pyrrole nitrogens is 1. The van der Waals surface area contributed by atoms with Crippen LogP contribution in [-0.2, 0) is 48.0 Å². The number of hydrogen-bond donors (Lipinski definition) is 10. The fraction of sp³-hybridized carbons (Fsp3) is 0.413. The summed E-state index contributed by atoms with van der Waals surface area (Å²) in [7, 11) is 0. The third kappa shape index (κ3) is 15.0. The number of fused-ring (bicyclic) bond motifs is 1. The maximum absolute atomic E-state index is 14.5. The van der Waals surface area contributed by atoms with Crippen LogP contribution in [0.1, 0.15) is 63.6 Å². The zero-order valence-electron chi connectivity index (χ0n) is 36.4. The van der Waals surface area contributed by atoms with Gasteiger partial charge in [-0.05, 0) is 47.4 Å². The summed E-state index contributed by atoms with van der Waals surface area (Å²) in [6.07, 6.45) is 3.05. The second-order valence-corrected chi connectivity index (χ2v) is 16.2. The third-order valence-electron chi connectivity index (χ3n) is 10.9. The first-order valence-corrected chi connectivity index (χ1v) is 21.3. The van der Waals surface area contributed by atoms with Crippen LogP contribution in [0.25, 0.3) is 10.9 Å². The van der Waals surface area contributed by atoms with Crippen molar-refractivity contribution < 1.29 is 28.8 Å². The van der Waals surface area contributed by atoms with Gasteiger partial charge in [0.1, 0.15) is 30.2 Å². The van der Waals surface area contributed by atoms with Crippen LogP contribution in [0.15, 0.2) is 96.1 Å². The Morgan fingerprint density at radius 1 is 0.619 bits per heavy atom. The van der Waals surface area contributed by atoms with Crippen LogP contribution in [0.2, 0.25) is 0 Å². The van der Waals surface area contributed by atoms with Crippen molar-refractivity contribution in [3.05, 3.63) is 108 Å². The number of nitrogens with one attached hydrogen (secondary N) is 6. The minimum absolute atomic E-state index is 0.0358. The van der Waals surface area contributed by atoms with E-state index in [-0.39, 0.29) is 44.1 Å². The first kappa shape index (κ1) is 48.9. The molecular formula is C46H63N11O6. The number of nitrogens with zero attached hydrogens (tertiary/aromatic N) is 1. The summed E-state index contributed by atoms with van der Waals surface area (Å²) < 4.78 is 0. The second kappa shape index (κ2) is 24.0. The van der Waals surface area contributed by atoms with Gasteiger partial charge in [-0.2, -0.15) is 0 Å². The summed E-state index contributed by atoms with van der Waals surface area (Å²) in [5.41, 5.74) is 25.8. The lowest BCUT2D eigenvalue weighted by molar-refractivity contribution is -0.136. The molecule has 0 aliphatic heterocycles. The SMILES string of the molecule is CC[C@@H](C)[C@@H](NC(=O)[C@@H](Cc1ccccc1)NC(=O)[C@H](Cc1c[nH]c2ccccc12)NC(=O)[C@@H](N)CCCN=C(N)N)C(=O)N[C@H](Cc1ccccc1)C(=O)N[C@@H](C(N)=O)C(C)C. The molecule has 4 aromatic rings. The molecule has 0 radical (unpaired) electrons. The summed E-state index contributed by atoms with van der Waals surface area (Å²) >= 11 is 0. The molecular weight excluding hydrogens is 803 g/mol. The standard InChI is InChI=1S/C46H63N11O6/c1-5-28(4)39(45(63)55-36(24-30-17-10-7-11-18-30)43(61)56-38(27(2)3)40(48)58)57-44(62)35(23-29-15-8-6-9-16-29)54-42(60)37(25-31-26-52-34-21-13-12-19-32(31)34)53-41(59)33(47)20-14-22-51-46(49)50/h6-13,15-19,21,26-28,33,35-39,52H,5,14,20,22-25,47H2,1-4H3,(H2,48,58)(H,53,59)(H,54,60)(H,55,63)(H,56,61)(H,57,62)(H4,49,50,51)/t28-,33+,35-,36-,37+,38-,39-/m1/s1. The van der Waals surface area contributed by atoms with Crippen LogP contribution in [0.4, 0.5) is 0 Å². The molecule has 1 heterocycles. The number of rotatable bonds is 24. The smallest absolute Gasteiger partial charge is 0.243 e. The highest BCUT2D eigenvalue weighted by atomic mass is 16.2. The van der Waals surface area contributed by atoms with E-state index in [2.05, 4.69) is 36.6 Å². The number of para-hydroxylation sites is 1. The highest BCUT2D eigenvalue weighted by Crippen LogP contribution is 2.20. The van der Waals surface area contributed by atoms with E-state index < -0.39 is 77.6 Å². The first-order chi connectivity index (χ1) is 30.1. The minimum Gasteiger partial charge on any atom is -0.370 e. The van der Waals surface area contributed by atoms with E-state index in [1.807, 2.05) is 55.5 Å². The van der Waals surface area contributed by atoms with Gasteiger partial charge in [-0.1, -0.05) is 113 Å². The van der Waals surface area contributed by atoms with Gasteiger partial charge in [0.25, 0.3) is 0 Å². The molecule has 0 fully saturated rings. The molecule has 4 rings (SSSR count). The Bertz CT molecular complexity index is 2170. The molecule has 0 bridgehead atoms. The predicted molar refractivity (Wildman–Crippen MR) is 243 cm³/mol. The molecule has 7 atom stereocenters. The minimum atomic E-state index is -1.22. The van der Waals surface area contributed by atoms with Crippen molar-refractivity contribution in [1.29, 1.82) is 0 Å². The maximum Gasteiger partial charge on any atom is 0.243 e. The van der Waals surface area contributed by atoms with E-state index in [0.717, 1.165) is 27.6 Å². The molecule has 0 spiro atoms. The van der Waals surface area contributed by atoms with Crippen LogP contribution in [-0.4, -0.2) is 89.2 Å². The number of amides is 6. The Hall–Kier alpha value is -6.75. The quantitative estimate of drug-likeness (QED) is 0.0275. The van der Waals surface area contributed by atoms with E-state index in [9.17, 15) is 28.8 Å². The Morgan fingerprint density at radius 3 is 1.65 bits per heavy atom. The number of carbonyl (C=O) groups is 6. The van der Waals surface area contributed by atoms with Gasteiger partial charge in [0.05, 0.1) is 6.04 Å². The zero-order valence-corrected chi connectivity index (χ0v) is 36.4. The van der Waals surface area contributed by atoms with E-state index in [4.69, 9.17) is 22.9 Å². The van der Waals surface area contributed by atoms with Gasteiger partial charge >= 0.3 is 0 Å².